The molecular formula is C16H22O4. The molecule has 0 saturated carbocycles. The van der Waals surface area contributed by atoms with Crippen molar-refractivity contribution >= 4 is 0 Å². The summed E-state index contributed by atoms with van der Waals surface area (Å²) in [6.45, 7) is 5.26. The third-order valence-corrected chi connectivity index (χ3v) is 3.69. The van der Waals surface area contributed by atoms with E-state index in [-0.39, 0.29) is 18.5 Å². The minimum absolute atomic E-state index is 0.115. The van der Waals surface area contributed by atoms with Gasteiger partial charge >= 0.3 is 0 Å². The van der Waals surface area contributed by atoms with Crippen molar-refractivity contribution in [1.29, 1.82) is 0 Å². The zero-order valence-electron chi connectivity index (χ0n) is 12.1. The maximum Gasteiger partial charge on any atom is 0.184 e. The van der Waals surface area contributed by atoms with Gasteiger partial charge in [-0.3, -0.25) is 0 Å². The van der Waals surface area contributed by atoms with Gasteiger partial charge in [-0.1, -0.05) is 30.3 Å². The van der Waals surface area contributed by atoms with E-state index in [4.69, 9.17) is 18.9 Å². The summed E-state index contributed by atoms with van der Waals surface area (Å²) < 4.78 is 23.2. The van der Waals surface area contributed by atoms with Gasteiger partial charge in [-0.15, -0.1) is 0 Å². The van der Waals surface area contributed by atoms with Gasteiger partial charge in [0.25, 0.3) is 0 Å². The van der Waals surface area contributed by atoms with Crippen molar-refractivity contribution in [1.82, 2.24) is 0 Å². The van der Waals surface area contributed by atoms with E-state index in [1.807, 2.05) is 44.2 Å². The molecule has 3 rings (SSSR count). The lowest BCUT2D eigenvalue weighted by atomic mass is 10.1. The predicted octanol–water partition coefficient (Wildman–Crippen LogP) is 3.03. The molecule has 1 aromatic rings. The largest absolute Gasteiger partial charge is 0.348 e. The van der Waals surface area contributed by atoms with E-state index in [0.29, 0.717) is 6.61 Å². The highest BCUT2D eigenvalue weighted by Gasteiger charge is 2.35. The fourth-order valence-electron chi connectivity index (χ4n) is 2.72. The van der Waals surface area contributed by atoms with Crippen LogP contribution in [0.1, 0.15) is 38.5 Å². The molecule has 4 nitrogen and oxygen atoms in total. The van der Waals surface area contributed by atoms with Crippen molar-refractivity contribution in [2.75, 3.05) is 13.2 Å². The second-order valence-corrected chi connectivity index (χ2v) is 5.85. The van der Waals surface area contributed by atoms with Gasteiger partial charge in [0.2, 0.25) is 0 Å². The summed E-state index contributed by atoms with van der Waals surface area (Å²) in [6, 6.07) is 10.1. The van der Waals surface area contributed by atoms with E-state index in [0.717, 1.165) is 25.0 Å². The Kier molecular flexibility index (Phi) is 4.08. The van der Waals surface area contributed by atoms with Crippen molar-refractivity contribution in [3.8, 4) is 0 Å². The van der Waals surface area contributed by atoms with Crippen LogP contribution >= 0.6 is 0 Å². The molecule has 20 heavy (non-hydrogen) atoms. The van der Waals surface area contributed by atoms with Crippen molar-refractivity contribution in [3.05, 3.63) is 35.9 Å². The number of benzene rings is 1. The second-order valence-electron chi connectivity index (χ2n) is 5.85. The molecule has 2 saturated heterocycles. The Morgan fingerprint density at radius 1 is 1.15 bits per heavy atom. The van der Waals surface area contributed by atoms with Gasteiger partial charge in [-0.2, -0.15) is 0 Å². The molecule has 0 aliphatic carbocycles. The molecule has 1 aromatic carbocycles. The Labute approximate surface area is 120 Å². The van der Waals surface area contributed by atoms with Crippen molar-refractivity contribution in [3.63, 3.8) is 0 Å². The maximum atomic E-state index is 6.04. The first-order chi connectivity index (χ1) is 9.62. The molecule has 2 heterocycles. The molecule has 2 aliphatic rings. The molecule has 2 fully saturated rings. The van der Waals surface area contributed by atoms with Crippen molar-refractivity contribution in [2.45, 2.75) is 51.0 Å². The van der Waals surface area contributed by atoms with E-state index in [9.17, 15) is 0 Å². The molecule has 0 radical (unpaired) electrons. The summed E-state index contributed by atoms with van der Waals surface area (Å²) in [5, 5.41) is 0. The monoisotopic (exact) mass is 278 g/mol. The van der Waals surface area contributed by atoms with Crippen LogP contribution in [-0.2, 0) is 18.9 Å². The van der Waals surface area contributed by atoms with Crippen LogP contribution < -0.4 is 0 Å². The van der Waals surface area contributed by atoms with Crippen LogP contribution in [0.5, 0.6) is 0 Å². The first-order valence-corrected chi connectivity index (χ1v) is 7.26. The molecule has 0 amide bonds. The van der Waals surface area contributed by atoms with Gasteiger partial charge < -0.3 is 18.9 Å². The summed E-state index contributed by atoms with van der Waals surface area (Å²) in [6.07, 6.45) is 1.78. The average molecular weight is 278 g/mol. The summed E-state index contributed by atoms with van der Waals surface area (Å²) >= 11 is 0. The molecule has 3 atom stereocenters. The van der Waals surface area contributed by atoms with Crippen molar-refractivity contribution < 1.29 is 18.9 Å². The molecule has 0 bridgehead atoms. The van der Waals surface area contributed by atoms with Crippen LogP contribution in [0.15, 0.2) is 30.3 Å². The molecule has 4 heteroatoms. The predicted molar refractivity (Wildman–Crippen MR) is 74.1 cm³/mol. The Morgan fingerprint density at radius 2 is 1.95 bits per heavy atom. The van der Waals surface area contributed by atoms with E-state index in [1.165, 1.54) is 0 Å². The quantitative estimate of drug-likeness (QED) is 0.851. The van der Waals surface area contributed by atoms with Crippen LogP contribution in [0.2, 0.25) is 0 Å². The third-order valence-electron chi connectivity index (χ3n) is 3.69. The molecule has 0 N–H and O–H groups in total. The van der Waals surface area contributed by atoms with E-state index in [2.05, 4.69) is 0 Å². The summed E-state index contributed by atoms with van der Waals surface area (Å²) in [4.78, 5) is 0. The number of ether oxygens (including phenoxy) is 4. The van der Waals surface area contributed by atoms with Crippen LogP contribution in [0.4, 0.5) is 0 Å². The highest BCUT2D eigenvalue weighted by Crippen LogP contribution is 2.31. The summed E-state index contributed by atoms with van der Waals surface area (Å²) in [5.41, 5.74) is 1.07. The lowest BCUT2D eigenvalue weighted by Gasteiger charge is -2.31. The minimum atomic E-state index is -0.464. The molecule has 0 aromatic heterocycles. The smallest absolute Gasteiger partial charge is 0.184 e. The SMILES string of the molecule is CC1(C)OC[C@H](C[C@@H]2CCOC(c3ccccc3)O2)O1. The van der Waals surface area contributed by atoms with Crippen LogP contribution in [0, 0.1) is 0 Å². The molecule has 110 valence electrons. The zero-order chi connectivity index (χ0) is 14.0. The minimum Gasteiger partial charge on any atom is -0.348 e. The summed E-state index contributed by atoms with van der Waals surface area (Å²) in [5.74, 6) is -0.464. The van der Waals surface area contributed by atoms with E-state index in [1.54, 1.807) is 0 Å². The van der Waals surface area contributed by atoms with Crippen LogP contribution in [0.3, 0.4) is 0 Å². The highest BCUT2D eigenvalue weighted by atomic mass is 16.7. The number of hydrogen-bond donors (Lipinski definition) is 0. The molecular weight excluding hydrogens is 256 g/mol. The Balaban J connectivity index is 1.56. The van der Waals surface area contributed by atoms with Crippen LogP contribution in [0.25, 0.3) is 0 Å². The van der Waals surface area contributed by atoms with Gasteiger partial charge in [-0.25, -0.2) is 0 Å². The topological polar surface area (TPSA) is 36.9 Å². The third kappa shape index (κ3) is 3.38. The van der Waals surface area contributed by atoms with Crippen molar-refractivity contribution in [2.24, 2.45) is 0 Å². The lowest BCUT2D eigenvalue weighted by Crippen LogP contribution is -2.31. The first kappa shape index (κ1) is 14.0. The lowest BCUT2D eigenvalue weighted by molar-refractivity contribution is -0.224. The Bertz CT molecular complexity index is 431. The average Bonchev–Trinajstić information content (AvgIpc) is 2.79. The summed E-state index contributed by atoms with van der Waals surface area (Å²) in [7, 11) is 0. The standard InChI is InChI=1S/C16H22O4/c1-16(2)18-11-14(20-16)10-13-8-9-17-15(19-13)12-6-4-3-5-7-12/h3-7,13-15H,8-11H2,1-2H3/t13-,14-,15?/m0/s1. The van der Waals surface area contributed by atoms with Gasteiger partial charge in [0, 0.05) is 12.0 Å². The van der Waals surface area contributed by atoms with Gasteiger partial charge in [-0.05, 0) is 20.3 Å². The normalized spacial score (nSPS) is 33.2. The second kappa shape index (κ2) is 5.82. The van der Waals surface area contributed by atoms with Gasteiger partial charge in [0.15, 0.2) is 12.1 Å². The van der Waals surface area contributed by atoms with Crippen LogP contribution in [-0.4, -0.2) is 31.2 Å². The maximum absolute atomic E-state index is 6.04. The number of hydrogen-bond acceptors (Lipinski definition) is 4. The Morgan fingerprint density at radius 3 is 2.65 bits per heavy atom. The van der Waals surface area contributed by atoms with Gasteiger partial charge in [0.1, 0.15) is 0 Å². The highest BCUT2D eigenvalue weighted by molar-refractivity contribution is 5.16. The van der Waals surface area contributed by atoms with E-state index < -0.39 is 5.79 Å². The fourth-order valence-corrected chi connectivity index (χ4v) is 2.72. The zero-order valence-corrected chi connectivity index (χ0v) is 12.1. The molecule has 0 spiro atoms. The van der Waals surface area contributed by atoms with E-state index >= 15 is 0 Å². The Hall–Kier alpha value is -0.940. The molecule has 1 unspecified atom stereocenters. The molecule has 2 aliphatic heterocycles. The fraction of sp³-hybridized carbons (Fsp3) is 0.625. The van der Waals surface area contributed by atoms with Gasteiger partial charge in [0.05, 0.1) is 25.4 Å². The number of rotatable bonds is 3. The first-order valence-electron chi connectivity index (χ1n) is 7.26.